The Balaban J connectivity index is 1.64. The minimum Gasteiger partial charge on any atom is -0.459 e. The van der Waals surface area contributed by atoms with Gasteiger partial charge in [-0.05, 0) is 48.6 Å². The number of rotatable bonds is 12. The van der Waals surface area contributed by atoms with Gasteiger partial charge in [-0.3, -0.25) is 4.79 Å². The van der Waals surface area contributed by atoms with Crippen LogP contribution in [0.3, 0.4) is 0 Å². The van der Waals surface area contributed by atoms with Crippen molar-refractivity contribution >= 4 is 21.7 Å². The summed E-state index contributed by atoms with van der Waals surface area (Å²) in [5.41, 5.74) is 6.66. The minimum absolute atomic E-state index is 0.105. The van der Waals surface area contributed by atoms with Crippen molar-refractivity contribution in [2.75, 3.05) is 32.0 Å². The molecule has 0 radical (unpaired) electrons. The van der Waals surface area contributed by atoms with Gasteiger partial charge in [-0.1, -0.05) is 44.0 Å². The van der Waals surface area contributed by atoms with E-state index in [1.54, 1.807) is 30.3 Å². The maximum Gasteiger partial charge on any atom is 0.306 e. The number of hydrogen-bond acceptors (Lipinski definition) is 8. The summed E-state index contributed by atoms with van der Waals surface area (Å²) in [5.74, 6) is -4.99. The van der Waals surface area contributed by atoms with Gasteiger partial charge in [0.25, 0.3) is 0 Å². The molecule has 3 N–H and O–H groups in total. The topological polar surface area (TPSA) is 128 Å². The van der Waals surface area contributed by atoms with Gasteiger partial charge >= 0.3 is 5.97 Å². The van der Waals surface area contributed by atoms with Crippen LogP contribution in [0.5, 0.6) is 0 Å². The first-order chi connectivity index (χ1) is 20.9. The lowest BCUT2D eigenvalue weighted by molar-refractivity contribution is -0.153. The number of esters is 1. The Kier molecular flexibility index (Phi) is 6.75. The molecule has 0 aromatic heterocycles. The number of aliphatic hydroxyl groups excluding tert-OH is 1. The van der Waals surface area contributed by atoms with Gasteiger partial charge in [0.05, 0.1) is 36.6 Å². The number of benzene rings is 2. The second-order valence-electron chi connectivity index (χ2n) is 9.62. The zero-order valence-electron chi connectivity index (χ0n) is 27.9. The zero-order valence-corrected chi connectivity index (χ0v) is 21.7. The summed E-state index contributed by atoms with van der Waals surface area (Å²) in [7, 11) is -4.68. The predicted molar refractivity (Wildman–Crippen MR) is 142 cm³/mol. The van der Waals surface area contributed by atoms with E-state index in [4.69, 9.17) is 29.5 Å². The van der Waals surface area contributed by atoms with Crippen molar-refractivity contribution in [1.82, 2.24) is 4.31 Å². The molecular formula is C28H38N2O7S. The number of carbonyl (C=O) groups excluding carboxylic acids is 1. The van der Waals surface area contributed by atoms with Crippen LogP contribution in [0.25, 0.3) is 0 Å². The van der Waals surface area contributed by atoms with Crippen LogP contribution < -0.4 is 5.73 Å². The number of anilines is 1. The second kappa shape index (κ2) is 12.6. The number of sulfonamides is 1. The molecule has 5 atom stereocenters. The molecule has 0 unspecified atom stereocenters. The molecule has 10 heteroatoms. The molecule has 2 aromatic rings. The Morgan fingerprint density at radius 1 is 1.18 bits per heavy atom. The van der Waals surface area contributed by atoms with Crippen molar-refractivity contribution in [3.63, 3.8) is 0 Å². The van der Waals surface area contributed by atoms with Crippen LogP contribution >= 0.6 is 0 Å². The third kappa shape index (κ3) is 7.12. The summed E-state index contributed by atoms with van der Waals surface area (Å²) in [4.78, 5) is 12.8. The largest absolute Gasteiger partial charge is 0.459 e. The third-order valence-corrected chi connectivity index (χ3v) is 8.65. The number of aliphatic hydroxyl groups is 1. The van der Waals surface area contributed by atoms with Gasteiger partial charge in [0.2, 0.25) is 10.0 Å². The first-order valence-corrected chi connectivity index (χ1v) is 13.9. The average Bonchev–Trinajstić information content (AvgIpc) is 3.57. The number of ether oxygens (including phenoxy) is 3. The van der Waals surface area contributed by atoms with Crippen molar-refractivity contribution in [2.45, 2.75) is 56.4 Å². The normalized spacial score (nSPS) is 26.6. The fourth-order valence-electron chi connectivity index (χ4n) is 4.81. The van der Waals surface area contributed by atoms with E-state index in [0.717, 1.165) is 17.7 Å². The summed E-state index contributed by atoms with van der Waals surface area (Å²) in [6.45, 7) is -8.35. The van der Waals surface area contributed by atoms with Crippen molar-refractivity contribution < 1.29 is 42.1 Å². The number of carbonyl (C=O) groups is 1. The number of nitrogen functional groups attached to an aromatic ring is 1. The van der Waals surface area contributed by atoms with Crippen molar-refractivity contribution in [3.8, 4) is 0 Å². The fourth-order valence-corrected chi connectivity index (χ4v) is 6.24. The van der Waals surface area contributed by atoms with Gasteiger partial charge in [0.15, 0.2) is 6.29 Å². The molecule has 0 spiro atoms. The molecule has 2 saturated heterocycles. The van der Waals surface area contributed by atoms with Crippen LogP contribution in [-0.4, -0.2) is 68.6 Å². The minimum atomic E-state index is -4.68. The lowest BCUT2D eigenvalue weighted by Gasteiger charge is -2.30. The number of nitrogens with zero attached hydrogens (tertiary/aromatic N) is 1. The van der Waals surface area contributed by atoms with E-state index < -0.39 is 73.1 Å². The molecule has 4 rings (SSSR count). The maximum absolute atomic E-state index is 13.9. The van der Waals surface area contributed by atoms with Gasteiger partial charge in [-0.2, -0.15) is 4.31 Å². The Hall–Kier alpha value is -2.50. The number of nitrogens with two attached hydrogens (primary N) is 1. The molecule has 2 aromatic carbocycles. The Labute approximate surface area is 234 Å². The number of hydrogen-bond donors (Lipinski definition) is 2. The molecule has 0 amide bonds. The van der Waals surface area contributed by atoms with E-state index in [1.807, 2.05) is 0 Å². The van der Waals surface area contributed by atoms with Crippen LogP contribution in [0.4, 0.5) is 5.69 Å². The van der Waals surface area contributed by atoms with Crippen molar-refractivity contribution in [2.24, 2.45) is 17.7 Å². The Morgan fingerprint density at radius 3 is 2.63 bits per heavy atom. The molecule has 9 nitrogen and oxygen atoms in total. The predicted octanol–water partition coefficient (Wildman–Crippen LogP) is 2.83. The molecule has 2 fully saturated rings. The highest BCUT2D eigenvalue weighted by Crippen LogP contribution is 2.33. The smallest absolute Gasteiger partial charge is 0.306 e. The van der Waals surface area contributed by atoms with Gasteiger partial charge in [-0.25, -0.2) is 8.42 Å². The monoisotopic (exact) mass is 553 g/mol. The van der Waals surface area contributed by atoms with E-state index in [9.17, 15) is 18.3 Å². The summed E-state index contributed by atoms with van der Waals surface area (Å²) >= 11 is 0. The summed E-state index contributed by atoms with van der Waals surface area (Å²) < 4.78 is 100. The highest BCUT2D eigenvalue weighted by atomic mass is 32.2. The number of fused-ring (bicyclic) bond motifs is 1. The molecule has 2 heterocycles. The van der Waals surface area contributed by atoms with Gasteiger partial charge < -0.3 is 25.1 Å². The van der Waals surface area contributed by atoms with Crippen molar-refractivity contribution in [3.05, 3.63) is 60.2 Å². The molecule has 0 aliphatic carbocycles. The summed E-state index contributed by atoms with van der Waals surface area (Å²) in [5, 5.41) is 11.5. The van der Waals surface area contributed by atoms with Crippen LogP contribution in [0.1, 0.15) is 41.7 Å². The van der Waals surface area contributed by atoms with Crippen molar-refractivity contribution in [1.29, 1.82) is 0 Å². The van der Waals surface area contributed by atoms with Crippen LogP contribution in [0, 0.1) is 17.7 Å². The summed E-state index contributed by atoms with van der Waals surface area (Å²) in [6.07, 6.45) is -2.20. The molecule has 2 aliphatic heterocycles. The van der Waals surface area contributed by atoms with E-state index in [-0.39, 0.29) is 35.9 Å². The SMILES string of the molecule is [2H]C([2H])([2H])C([2H])(CN(C[C@@H](O)[C@@H](CC(=O)O[C@H]1CO[C@H]2OCC[C@H]21)Cc1ccccc1)S(=O)(=O)c1ccc(N)cc1)C([2H])([2H])[2H]. The molecule has 38 heavy (non-hydrogen) atoms. The quantitative estimate of drug-likeness (QED) is 0.303. The molecule has 2 aliphatic rings. The Morgan fingerprint density at radius 2 is 1.92 bits per heavy atom. The fraction of sp³-hybridized carbons (Fsp3) is 0.536. The first-order valence-electron chi connectivity index (χ1n) is 15.9. The standard InChI is InChI=1S/C28H38N2O7S/c1-19(2)16-30(38(33,34)23-10-8-22(29)9-11-23)17-25(31)21(14-20-6-4-3-5-7-20)15-27(32)37-26-18-36-28-24(26)12-13-35-28/h3-11,19,21,24-26,28,31H,12-18,29H2,1-2H3/t21-,24+,25-,26+,28-/m1/s1/i1D3,2D3,19D. The van der Waals surface area contributed by atoms with Crippen LogP contribution in [-0.2, 0) is 35.4 Å². The van der Waals surface area contributed by atoms with E-state index in [2.05, 4.69) is 0 Å². The van der Waals surface area contributed by atoms with E-state index >= 15 is 0 Å². The average molecular weight is 554 g/mol. The van der Waals surface area contributed by atoms with Crippen LogP contribution in [0.15, 0.2) is 59.5 Å². The first kappa shape index (κ1) is 20.4. The van der Waals surface area contributed by atoms with Gasteiger partial charge in [0.1, 0.15) is 6.10 Å². The molecule has 208 valence electrons. The second-order valence-corrected chi connectivity index (χ2v) is 11.6. The van der Waals surface area contributed by atoms with Gasteiger partial charge in [-0.15, -0.1) is 0 Å². The Bertz CT molecular complexity index is 1400. The molecule has 0 saturated carbocycles. The lowest BCUT2D eigenvalue weighted by atomic mass is 9.90. The maximum atomic E-state index is 13.9. The molecule has 0 bridgehead atoms. The van der Waals surface area contributed by atoms with E-state index in [1.165, 1.54) is 12.1 Å². The van der Waals surface area contributed by atoms with Gasteiger partial charge in [0, 0.05) is 34.3 Å². The van der Waals surface area contributed by atoms with E-state index in [0.29, 0.717) is 17.3 Å². The highest BCUT2D eigenvalue weighted by Gasteiger charge is 2.44. The summed E-state index contributed by atoms with van der Waals surface area (Å²) in [6, 6.07) is 13.7. The molecular weight excluding hydrogens is 508 g/mol. The lowest BCUT2D eigenvalue weighted by Crippen LogP contribution is -2.43. The third-order valence-electron chi connectivity index (χ3n) is 6.82. The van der Waals surface area contributed by atoms with Crippen LogP contribution in [0.2, 0.25) is 0 Å². The highest BCUT2D eigenvalue weighted by molar-refractivity contribution is 7.89. The zero-order chi connectivity index (χ0) is 33.2.